The first-order chi connectivity index (χ1) is 12.6. The molecule has 0 radical (unpaired) electrons. The summed E-state index contributed by atoms with van der Waals surface area (Å²) >= 11 is 0. The zero-order chi connectivity index (χ0) is 18.0. The molecule has 1 atom stereocenters. The number of imidazole rings is 1. The summed E-state index contributed by atoms with van der Waals surface area (Å²) in [6.45, 7) is 1.74. The highest BCUT2D eigenvalue weighted by atomic mass is 32.2. The number of hydrogen-bond donors (Lipinski definition) is 2. The van der Waals surface area contributed by atoms with Crippen LogP contribution >= 0.6 is 0 Å². The highest BCUT2D eigenvalue weighted by molar-refractivity contribution is 7.90. The van der Waals surface area contributed by atoms with E-state index >= 15 is 0 Å². The van der Waals surface area contributed by atoms with Crippen molar-refractivity contribution in [1.82, 2.24) is 19.6 Å². The zero-order valence-electron chi connectivity index (χ0n) is 14.4. The smallest absolute Gasteiger partial charge is 0.216 e. The molecule has 0 bridgehead atoms. The molecule has 2 N–H and O–H groups in total. The lowest BCUT2D eigenvalue weighted by molar-refractivity contribution is 0.490. The summed E-state index contributed by atoms with van der Waals surface area (Å²) in [4.78, 5) is 4.40. The number of sulfonamides is 1. The van der Waals surface area contributed by atoms with Crippen molar-refractivity contribution in [3.8, 4) is 5.69 Å². The topological polar surface area (TPSA) is 76.0 Å². The van der Waals surface area contributed by atoms with Crippen LogP contribution in [0.5, 0.6) is 0 Å². The molecule has 0 spiro atoms. The fourth-order valence-electron chi connectivity index (χ4n) is 3.33. The molecule has 4 rings (SSSR count). The van der Waals surface area contributed by atoms with Gasteiger partial charge in [0.05, 0.1) is 16.3 Å². The third-order valence-corrected chi connectivity index (χ3v) is 6.66. The maximum Gasteiger partial charge on any atom is 0.216 e. The number of piperidine rings is 1. The molecule has 136 valence electrons. The van der Waals surface area contributed by atoms with Crippen molar-refractivity contribution in [2.24, 2.45) is 0 Å². The van der Waals surface area contributed by atoms with E-state index in [0.29, 0.717) is 13.1 Å². The number of aromatic nitrogens is 2. The van der Waals surface area contributed by atoms with Crippen LogP contribution in [0, 0.1) is 0 Å². The van der Waals surface area contributed by atoms with Crippen LogP contribution in [0.3, 0.4) is 0 Å². The number of nitrogens with zero attached hydrogens (tertiary/aromatic N) is 2. The standard InChI is InChI=1S/C19H22N4O2S/c24-26(25,17-4-3-11-20-13-17)22-12-15-7-9-16(10-8-15)23-14-21-18-5-1-2-6-19(18)23/h1-2,5-10,14,17,20,22H,3-4,11-13H2. The molecular formula is C19H22N4O2S. The molecule has 7 heteroatoms. The molecule has 6 nitrogen and oxygen atoms in total. The minimum absolute atomic E-state index is 0.309. The SMILES string of the molecule is O=S(=O)(NCc1ccc(-n2cnc3ccccc32)cc1)C1CCCNC1. The number of para-hydroxylation sites is 2. The molecule has 1 unspecified atom stereocenters. The van der Waals surface area contributed by atoms with E-state index in [9.17, 15) is 8.42 Å². The van der Waals surface area contributed by atoms with Crippen molar-refractivity contribution in [3.05, 3.63) is 60.4 Å². The molecule has 26 heavy (non-hydrogen) atoms. The molecular weight excluding hydrogens is 348 g/mol. The average Bonchev–Trinajstić information content (AvgIpc) is 3.12. The fraction of sp³-hybridized carbons (Fsp3) is 0.316. The summed E-state index contributed by atoms with van der Waals surface area (Å²) in [5.41, 5.74) is 3.93. The quantitative estimate of drug-likeness (QED) is 0.722. The van der Waals surface area contributed by atoms with Gasteiger partial charge in [0.2, 0.25) is 10.0 Å². The Morgan fingerprint density at radius 3 is 2.73 bits per heavy atom. The first-order valence-corrected chi connectivity index (χ1v) is 10.4. The minimum atomic E-state index is -3.29. The molecule has 0 aliphatic carbocycles. The number of hydrogen-bond acceptors (Lipinski definition) is 4. The van der Waals surface area contributed by atoms with Gasteiger partial charge in [0, 0.05) is 18.8 Å². The number of fused-ring (bicyclic) bond motifs is 1. The van der Waals surface area contributed by atoms with Gasteiger partial charge in [-0.25, -0.2) is 18.1 Å². The molecule has 2 heterocycles. The lowest BCUT2D eigenvalue weighted by Gasteiger charge is -2.23. The summed E-state index contributed by atoms with van der Waals surface area (Å²) in [7, 11) is -3.29. The molecule has 1 fully saturated rings. The van der Waals surface area contributed by atoms with Crippen LogP contribution in [0.25, 0.3) is 16.7 Å². The number of nitrogens with one attached hydrogen (secondary N) is 2. The van der Waals surface area contributed by atoms with E-state index in [1.54, 1.807) is 6.33 Å². The Morgan fingerprint density at radius 1 is 1.15 bits per heavy atom. The predicted molar refractivity (Wildman–Crippen MR) is 103 cm³/mol. The van der Waals surface area contributed by atoms with E-state index in [1.807, 2.05) is 53.1 Å². The Labute approximate surface area is 153 Å². The van der Waals surface area contributed by atoms with Gasteiger partial charge in [-0.3, -0.25) is 4.57 Å². The predicted octanol–water partition coefficient (Wildman–Crippen LogP) is 2.20. The van der Waals surface area contributed by atoms with Crippen molar-refractivity contribution in [2.45, 2.75) is 24.6 Å². The summed E-state index contributed by atoms with van der Waals surface area (Å²) in [5.74, 6) is 0. The molecule has 1 saturated heterocycles. The highest BCUT2D eigenvalue weighted by Crippen LogP contribution is 2.18. The Morgan fingerprint density at radius 2 is 1.96 bits per heavy atom. The van der Waals surface area contributed by atoms with Crippen LogP contribution in [0.4, 0.5) is 0 Å². The van der Waals surface area contributed by atoms with E-state index < -0.39 is 10.0 Å². The molecule has 1 aliphatic rings. The zero-order valence-corrected chi connectivity index (χ0v) is 15.2. The van der Waals surface area contributed by atoms with E-state index in [0.717, 1.165) is 41.7 Å². The monoisotopic (exact) mass is 370 g/mol. The average molecular weight is 370 g/mol. The molecule has 2 aromatic carbocycles. The first-order valence-electron chi connectivity index (χ1n) is 8.84. The summed E-state index contributed by atoms with van der Waals surface area (Å²) in [6, 6.07) is 15.8. The van der Waals surface area contributed by atoms with Gasteiger partial charge in [-0.1, -0.05) is 24.3 Å². The minimum Gasteiger partial charge on any atom is -0.315 e. The van der Waals surface area contributed by atoms with Crippen molar-refractivity contribution >= 4 is 21.1 Å². The lowest BCUT2D eigenvalue weighted by atomic mass is 10.2. The highest BCUT2D eigenvalue weighted by Gasteiger charge is 2.26. The van der Waals surface area contributed by atoms with Crippen LogP contribution in [0.1, 0.15) is 18.4 Å². The Balaban J connectivity index is 1.46. The van der Waals surface area contributed by atoms with Crippen molar-refractivity contribution in [3.63, 3.8) is 0 Å². The van der Waals surface area contributed by atoms with Crippen LogP contribution in [-0.4, -0.2) is 36.3 Å². The van der Waals surface area contributed by atoms with Crippen LogP contribution in [-0.2, 0) is 16.6 Å². The number of rotatable bonds is 5. The fourth-order valence-corrected chi connectivity index (χ4v) is 4.74. The van der Waals surface area contributed by atoms with Crippen LogP contribution < -0.4 is 10.0 Å². The van der Waals surface area contributed by atoms with E-state index in [4.69, 9.17) is 0 Å². The van der Waals surface area contributed by atoms with Gasteiger partial charge < -0.3 is 5.32 Å². The van der Waals surface area contributed by atoms with Gasteiger partial charge in [0.1, 0.15) is 6.33 Å². The normalized spacial score (nSPS) is 18.2. The van der Waals surface area contributed by atoms with Gasteiger partial charge in [-0.15, -0.1) is 0 Å². The van der Waals surface area contributed by atoms with E-state index in [1.165, 1.54) is 0 Å². The summed E-state index contributed by atoms with van der Waals surface area (Å²) in [5, 5.41) is 2.81. The largest absolute Gasteiger partial charge is 0.315 e. The van der Waals surface area contributed by atoms with E-state index in [2.05, 4.69) is 15.0 Å². The second-order valence-electron chi connectivity index (χ2n) is 6.60. The van der Waals surface area contributed by atoms with Crippen molar-refractivity contribution in [1.29, 1.82) is 0 Å². The van der Waals surface area contributed by atoms with Crippen molar-refractivity contribution in [2.75, 3.05) is 13.1 Å². The van der Waals surface area contributed by atoms with Crippen LogP contribution in [0.15, 0.2) is 54.9 Å². The maximum absolute atomic E-state index is 12.4. The lowest BCUT2D eigenvalue weighted by Crippen LogP contribution is -2.44. The molecule has 3 aromatic rings. The maximum atomic E-state index is 12.4. The number of benzene rings is 2. The Kier molecular flexibility index (Phi) is 4.76. The third-order valence-electron chi connectivity index (χ3n) is 4.84. The summed E-state index contributed by atoms with van der Waals surface area (Å²) < 4.78 is 29.6. The van der Waals surface area contributed by atoms with Gasteiger partial charge in [-0.2, -0.15) is 0 Å². The molecule has 1 aromatic heterocycles. The van der Waals surface area contributed by atoms with Crippen molar-refractivity contribution < 1.29 is 8.42 Å². The van der Waals surface area contributed by atoms with Gasteiger partial charge >= 0.3 is 0 Å². The second-order valence-corrected chi connectivity index (χ2v) is 8.65. The Bertz CT molecular complexity index is 990. The van der Waals surface area contributed by atoms with E-state index in [-0.39, 0.29) is 5.25 Å². The summed E-state index contributed by atoms with van der Waals surface area (Å²) in [6.07, 6.45) is 3.42. The third kappa shape index (κ3) is 3.51. The van der Waals surface area contributed by atoms with Crippen LogP contribution in [0.2, 0.25) is 0 Å². The van der Waals surface area contributed by atoms with Gasteiger partial charge in [0.15, 0.2) is 0 Å². The second kappa shape index (κ2) is 7.19. The Hall–Kier alpha value is -2.22. The molecule has 0 saturated carbocycles. The molecule has 1 aliphatic heterocycles. The first kappa shape index (κ1) is 17.2. The van der Waals surface area contributed by atoms with Gasteiger partial charge in [0.25, 0.3) is 0 Å². The molecule has 0 amide bonds. The van der Waals surface area contributed by atoms with Gasteiger partial charge in [-0.05, 0) is 49.2 Å².